The average Bonchev–Trinajstić information content (AvgIpc) is 2.52. The van der Waals surface area contributed by atoms with E-state index in [0.29, 0.717) is 17.5 Å². The summed E-state index contributed by atoms with van der Waals surface area (Å²) in [4.78, 5) is 12.4. The first-order valence-corrected chi connectivity index (χ1v) is 8.33. The molecule has 1 N–H and O–H groups in total. The van der Waals surface area contributed by atoms with Crippen LogP contribution < -0.4 is 10.1 Å². The number of nitrogens with one attached hydrogen (secondary N) is 1. The lowest BCUT2D eigenvalue weighted by atomic mass is 10.1. The second-order valence-corrected chi connectivity index (χ2v) is 6.43. The number of benzene rings is 2. The number of hydrogen-bond acceptors (Lipinski definition) is 3. The van der Waals surface area contributed by atoms with Gasteiger partial charge in [0.2, 0.25) is 5.91 Å². The van der Waals surface area contributed by atoms with Gasteiger partial charge in [0.05, 0.1) is 29.1 Å². The molecule has 0 bridgehead atoms. The third kappa shape index (κ3) is 4.85. The van der Waals surface area contributed by atoms with Gasteiger partial charge in [0, 0.05) is 0 Å². The van der Waals surface area contributed by atoms with Gasteiger partial charge >= 0.3 is 0 Å². The van der Waals surface area contributed by atoms with E-state index in [1.807, 2.05) is 19.1 Å². The Hall–Kier alpha value is -1.79. The number of carbonyl (C=O) groups excluding carboxylic acids is 1. The molecule has 0 saturated heterocycles. The SMILES string of the molecule is COc1cc(CC(=O)Nc2cccc(Cl)c2SC(F)F)ccc1C. The van der Waals surface area contributed by atoms with Crippen LogP contribution in [0, 0.1) is 6.92 Å². The van der Waals surface area contributed by atoms with E-state index in [-0.39, 0.29) is 27.9 Å². The second kappa shape index (κ2) is 8.35. The zero-order valence-corrected chi connectivity index (χ0v) is 14.7. The number of carbonyl (C=O) groups is 1. The average molecular weight is 372 g/mol. The van der Waals surface area contributed by atoms with Crippen molar-refractivity contribution in [1.29, 1.82) is 0 Å². The Morgan fingerprint density at radius 1 is 1.33 bits per heavy atom. The van der Waals surface area contributed by atoms with Crippen LogP contribution in [0.4, 0.5) is 14.5 Å². The monoisotopic (exact) mass is 371 g/mol. The highest BCUT2D eigenvalue weighted by Crippen LogP contribution is 2.37. The van der Waals surface area contributed by atoms with Gasteiger partial charge in [0.25, 0.3) is 5.76 Å². The third-order valence-corrected chi connectivity index (χ3v) is 4.57. The van der Waals surface area contributed by atoms with Gasteiger partial charge in [-0.1, -0.05) is 41.6 Å². The third-order valence-electron chi connectivity index (χ3n) is 3.29. The number of alkyl halides is 2. The quantitative estimate of drug-likeness (QED) is 0.713. The molecule has 0 aliphatic rings. The summed E-state index contributed by atoms with van der Waals surface area (Å²) >= 11 is 6.26. The minimum Gasteiger partial charge on any atom is -0.496 e. The molecular formula is C17H16ClF2NO2S. The minimum absolute atomic E-state index is 0.0991. The zero-order valence-electron chi connectivity index (χ0n) is 13.1. The van der Waals surface area contributed by atoms with E-state index in [1.54, 1.807) is 25.3 Å². The van der Waals surface area contributed by atoms with Crippen molar-refractivity contribution in [2.24, 2.45) is 0 Å². The van der Waals surface area contributed by atoms with Crippen molar-refractivity contribution in [1.82, 2.24) is 0 Å². The molecule has 0 spiro atoms. The van der Waals surface area contributed by atoms with Crippen LogP contribution in [-0.2, 0) is 11.2 Å². The van der Waals surface area contributed by atoms with Crippen LogP contribution in [0.25, 0.3) is 0 Å². The van der Waals surface area contributed by atoms with Crippen molar-refractivity contribution in [2.75, 3.05) is 12.4 Å². The number of rotatable bonds is 6. The second-order valence-electron chi connectivity index (χ2n) is 5.02. The minimum atomic E-state index is -2.62. The molecule has 0 radical (unpaired) electrons. The summed E-state index contributed by atoms with van der Waals surface area (Å²) in [6, 6.07) is 10.1. The molecule has 2 aromatic carbocycles. The van der Waals surface area contributed by atoms with Crippen molar-refractivity contribution in [2.45, 2.75) is 24.0 Å². The van der Waals surface area contributed by atoms with Crippen LogP contribution >= 0.6 is 23.4 Å². The van der Waals surface area contributed by atoms with Gasteiger partial charge in [-0.3, -0.25) is 4.79 Å². The lowest BCUT2D eigenvalue weighted by molar-refractivity contribution is -0.115. The number of hydrogen-bond donors (Lipinski definition) is 1. The number of aryl methyl sites for hydroxylation is 1. The molecule has 0 fully saturated rings. The number of ether oxygens (including phenoxy) is 1. The van der Waals surface area contributed by atoms with Gasteiger partial charge in [0.1, 0.15) is 5.75 Å². The lowest BCUT2D eigenvalue weighted by Gasteiger charge is -2.12. The normalized spacial score (nSPS) is 10.8. The van der Waals surface area contributed by atoms with Crippen molar-refractivity contribution in [3.8, 4) is 5.75 Å². The largest absolute Gasteiger partial charge is 0.496 e. The molecule has 0 aromatic heterocycles. The summed E-state index contributed by atoms with van der Waals surface area (Å²) in [7, 11) is 1.56. The Labute approximate surface area is 148 Å². The molecule has 0 unspecified atom stereocenters. The van der Waals surface area contributed by atoms with Crippen molar-refractivity contribution in [3.63, 3.8) is 0 Å². The molecule has 24 heavy (non-hydrogen) atoms. The maximum absolute atomic E-state index is 12.7. The van der Waals surface area contributed by atoms with Crippen molar-refractivity contribution < 1.29 is 18.3 Å². The molecule has 2 rings (SSSR count). The summed E-state index contributed by atoms with van der Waals surface area (Å²) in [6.45, 7) is 1.91. The van der Waals surface area contributed by atoms with E-state index in [4.69, 9.17) is 16.3 Å². The molecule has 0 atom stereocenters. The Kier molecular flexibility index (Phi) is 6.45. The lowest BCUT2D eigenvalue weighted by Crippen LogP contribution is -2.15. The number of amides is 1. The fourth-order valence-electron chi connectivity index (χ4n) is 2.17. The van der Waals surface area contributed by atoms with Gasteiger partial charge in [-0.2, -0.15) is 8.78 Å². The van der Waals surface area contributed by atoms with Gasteiger partial charge in [-0.05, 0) is 36.2 Å². The molecule has 3 nitrogen and oxygen atoms in total. The predicted molar refractivity (Wildman–Crippen MR) is 93.4 cm³/mol. The van der Waals surface area contributed by atoms with Gasteiger partial charge in [-0.15, -0.1) is 0 Å². The fourth-order valence-corrected chi connectivity index (χ4v) is 3.08. The summed E-state index contributed by atoms with van der Waals surface area (Å²) in [5, 5.41) is 2.81. The molecule has 0 aliphatic heterocycles. The highest BCUT2D eigenvalue weighted by molar-refractivity contribution is 7.99. The maximum Gasteiger partial charge on any atom is 0.289 e. The summed E-state index contributed by atoms with van der Waals surface area (Å²) in [6.07, 6.45) is 0.0991. The first-order valence-electron chi connectivity index (χ1n) is 7.07. The Bertz CT molecular complexity index is 741. The van der Waals surface area contributed by atoms with E-state index in [0.717, 1.165) is 11.1 Å². The van der Waals surface area contributed by atoms with Crippen LogP contribution in [0.5, 0.6) is 5.75 Å². The first-order chi connectivity index (χ1) is 11.4. The Balaban J connectivity index is 2.14. The van der Waals surface area contributed by atoms with Crippen LogP contribution in [0.2, 0.25) is 5.02 Å². The molecule has 0 saturated carbocycles. The van der Waals surface area contributed by atoms with Gasteiger partial charge in [-0.25, -0.2) is 0 Å². The van der Waals surface area contributed by atoms with E-state index < -0.39 is 5.76 Å². The molecule has 128 valence electrons. The summed E-state index contributed by atoms with van der Waals surface area (Å²) in [5.74, 6) is -2.25. The highest BCUT2D eigenvalue weighted by Gasteiger charge is 2.16. The predicted octanol–water partition coefficient (Wildman–Crippen LogP) is 5.15. The molecule has 2 aromatic rings. The van der Waals surface area contributed by atoms with E-state index in [1.165, 1.54) is 6.07 Å². The summed E-state index contributed by atoms with van der Waals surface area (Å²) in [5.41, 5.74) is 2.00. The highest BCUT2D eigenvalue weighted by atomic mass is 35.5. The topological polar surface area (TPSA) is 38.3 Å². The molecule has 1 amide bonds. The number of anilines is 1. The molecule has 0 heterocycles. The van der Waals surface area contributed by atoms with Crippen molar-refractivity contribution in [3.05, 3.63) is 52.5 Å². The number of methoxy groups -OCH3 is 1. The summed E-state index contributed by atoms with van der Waals surface area (Å²) < 4.78 is 30.6. The Morgan fingerprint density at radius 2 is 2.08 bits per heavy atom. The molecular weight excluding hydrogens is 356 g/mol. The fraction of sp³-hybridized carbons (Fsp3) is 0.235. The maximum atomic E-state index is 12.7. The van der Waals surface area contributed by atoms with Gasteiger partial charge in [0.15, 0.2) is 0 Å². The number of halogens is 3. The van der Waals surface area contributed by atoms with Crippen molar-refractivity contribution >= 4 is 35.0 Å². The van der Waals surface area contributed by atoms with Crippen LogP contribution in [0.3, 0.4) is 0 Å². The molecule has 0 aliphatic carbocycles. The van der Waals surface area contributed by atoms with Gasteiger partial charge < -0.3 is 10.1 Å². The van der Waals surface area contributed by atoms with E-state index >= 15 is 0 Å². The molecule has 7 heteroatoms. The zero-order chi connectivity index (χ0) is 17.7. The number of thioether (sulfide) groups is 1. The van der Waals surface area contributed by atoms with Crippen LogP contribution in [0.1, 0.15) is 11.1 Å². The van der Waals surface area contributed by atoms with Crippen LogP contribution in [-0.4, -0.2) is 18.8 Å². The van der Waals surface area contributed by atoms with Crippen LogP contribution in [0.15, 0.2) is 41.3 Å². The van der Waals surface area contributed by atoms with E-state index in [2.05, 4.69) is 5.32 Å². The Morgan fingerprint density at radius 3 is 2.75 bits per heavy atom. The standard InChI is InChI=1S/C17H16ClF2NO2S/c1-10-6-7-11(8-14(10)23-2)9-15(22)21-13-5-3-4-12(18)16(13)24-17(19)20/h3-8,17H,9H2,1-2H3,(H,21,22). The van der Waals surface area contributed by atoms with E-state index in [9.17, 15) is 13.6 Å². The first kappa shape index (κ1) is 18.5. The smallest absolute Gasteiger partial charge is 0.289 e.